The van der Waals surface area contributed by atoms with E-state index in [9.17, 15) is 13.2 Å². The maximum atomic E-state index is 13.6. The van der Waals surface area contributed by atoms with Crippen molar-refractivity contribution in [2.24, 2.45) is 0 Å². The zero-order chi connectivity index (χ0) is 14.6. The highest BCUT2D eigenvalue weighted by atomic mass is 19.2. The molecular weight excluding hydrogens is 257 g/mol. The van der Waals surface area contributed by atoms with E-state index in [4.69, 9.17) is 21.0 Å². The molecule has 7 heteroatoms. The summed E-state index contributed by atoms with van der Waals surface area (Å²) in [5, 5.41) is 32.1. The van der Waals surface area contributed by atoms with E-state index >= 15 is 0 Å². The first-order valence-corrected chi connectivity index (χ1v) is 4.54. The van der Waals surface area contributed by atoms with E-state index in [1.54, 1.807) is 0 Å². The fraction of sp³-hybridized carbons (Fsp3) is 0. The maximum Gasteiger partial charge on any atom is 0.171 e. The summed E-state index contributed by atoms with van der Waals surface area (Å²) in [7, 11) is 0. The molecule has 0 unspecified atom stereocenters. The monoisotopic (exact) mass is 258 g/mol. The van der Waals surface area contributed by atoms with Crippen molar-refractivity contribution in [2.75, 3.05) is 0 Å². The summed E-state index contributed by atoms with van der Waals surface area (Å²) in [5.74, 6) is -4.87. The number of benzene rings is 1. The molecule has 0 saturated heterocycles. The van der Waals surface area contributed by atoms with Crippen LogP contribution in [0.25, 0.3) is 11.1 Å². The van der Waals surface area contributed by atoms with Crippen molar-refractivity contribution >= 4 is 11.1 Å². The number of halogens is 3. The van der Waals surface area contributed by atoms with Crippen molar-refractivity contribution in [3.8, 4) is 24.3 Å². The SMILES string of the molecule is N#CC(C#N)=c1cc(F)c(=C(C#N)C#N)c(F)c1F. The molecule has 0 atom stereocenters. The number of nitriles is 4. The quantitative estimate of drug-likeness (QED) is 0.633. The second-order valence-corrected chi connectivity index (χ2v) is 3.11. The van der Waals surface area contributed by atoms with Gasteiger partial charge in [0, 0.05) is 5.22 Å². The van der Waals surface area contributed by atoms with Crippen molar-refractivity contribution in [1.82, 2.24) is 0 Å². The summed E-state index contributed by atoms with van der Waals surface area (Å²) in [6.45, 7) is 0. The van der Waals surface area contributed by atoms with E-state index in [0.29, 0.717) is 6.07 Å². The average Bonchev–Trinajstić information content (AvgIpc) is 2.41. The smallest absolute Gasteiger partial charge is 0.171 e. The van der Waals surface area contributed by atoms with E-state index in [1.807, 2.05) is 0 Å². The Balaban J connectivity index is 4.16. The second kappa shape index (κ2) is 5.36. The van der Waals surface area contributed by atoms with Gasteiger partial charge in [0.05, 0.1) is 5.22 Å². The van der Waals surface area contributed by atoms with Crippen LogP contribution in [0.5, 0.6) is 0 Å². The van der Waals surface area contributed by atoms with Gasteiger partial charge in [0.15, 0.2) is 11.6 Å². The molecule has 0 aromatic heterocycles. The van der Waals surface area contributed by atoms with Crippen LogP contribution in [-0.4, -0.2) is 0 Å². The van der Waals surface area contributed by atoms with Crippen molar-refractivity contribution in [3.63, 3.8) is 0 Å². The Labute approximate surface area is 104 Å². The minimum atomic E-state index is -1.80. The fourth-order valence-corrected chi connectivity index (χ4v) is 1.29. The Hall–Kier alpha value is -3.29. The lowest BCUT2D eigenvalue weighted by Crippen LogP contribution is -2.26. The van der Waals surface area contributed by atoms with Crippen LogP contribution >= 0.6 is 0 Å². The summed E-state index contributed by atoms with van der Waals surface area (Å²) in [4.78, 5) is 0. The van der Waals surface area contributed by atoms with Crippen molar-refractivity contribution in [3.05, 3.63) is 34.0 Å². The highest BCUT2D eigenvalue weighted by Gasteiger charge is 2.16. The molecule has 0 bridgehead atoms. The Bertz CT molecular complexity index is 810. The second-order valence-electron chi connectivity index (χ2n) is 3.11. The highest BCUT2D eigenvalue weighted by molar-refractivity contribution is 5.74. The minimum Gasteiger partial charge on any atom is -0.206 e. The van der Waals surface area contributed by atoms with E-state index in [2.05, 4.69) is 0 Å². The molecule has 0 N–H and O–H groups in total. The van der Waals surface area contributed by atoms with Crippen molar-refractivity contribution in [2.45, 2.75) is 0 Å². The molecule has 1 aromatic carbocycles. The third-order valence-corrected chi connectivity index (χ3v) is 2.13. The number of nitrogens with zero attached hydrogens (tertiary/aromatic N) is 4. The molecule has 0 saturated carbocycles. The predicted octanol–water partition coefficient (Wildman–Crippen LogP) is 0.500. The van der Waals surface area contributed by atoms with Gasteiger partial charge in [-0.1, -0.05) is 0 Å². The summed E-state index contributed by atoms with van der Waals surface area (Å²) in [6, 6.07) is 5.42. The summed E-state index contributed by atoms with van der Waals surface area (Å²) in [6.07, 6.45) is 0. The molecule has 0 radical (unpaired) electrons. The third-order valence-electron chi connectivity index (χ3n) is 2.13. The van der Waals surface area contributed by atoms with E-state index in [1.165, 1.54) is 24.3 Å². The van der Waals surface area contributed by atoms with Crippen molar-refractivity contribution < 1.29 is 13.2 Å². The first kappa shape index (κ1) is 13.8. The van der Waals surface area contributed by atoms with Crippen LogP contribution in [0.3, 0.4) is 0 Å². The lowest BCUT2D eigenvalue weighted by atomic mass is 10.1. The number of hydrogen-bond acceptors (Lipinski definition) is 4. The molecule has 1 aromatic rings. The van der Waals surface area contributed by atoms with Crippen molar-refractivity contribution in [1.29, 1.82) is 21.0 Å². The van der Waals surface area contributed by atoms with E-state index in [0.717, 1.165) is 0 Å². The zero-order valence-electron chi connectivity index (χ0n) is 9.00. The maximum absolute atomic E-state index is 13.6. The number of hydrogen-bond donors (Lipinski definition) is 0. The molecule has 90 valence electrons. The van der Waals surface area contributed by atoms with Gasteiger partial charge >= 0.3 is 0 Å². The lowest BCUT2D eigenvalue weighted by Gasteiger charge is -1.98. The average molecular weight is 258 g/mol. The zero-order valence-corrected chi connectivity index (χ0v) is 9.00. The molecule has 0 amide bonds. The van der Waals surface area contributed by atoms with Crippen LogP contribution in [0.15, 0.2) is 6.07 Å². The van der Waals surface area contributed by atoms with Crippen LogP contribution in [0, 0.1) is 62.8 Å². The summed E-state index contributed by atoms with van der Waals surface area (Å²) >= 11 is 0. The molecule has 19 heavy (non-hydrogen) atoms. The van der Waals surface area contributed by atoms with Crippen LogP contribution in [-0.2, 0) is 0 Å². The fourth-order valence-electron chi connectivity index (χ4n) is 1.29. The molecule has 1 rings (SSSR count). The molecule has 0 heterocycles. The Kier molecular flexibility index (Phi) is 3.89. The lowest BCUT2D eigenvalue weighted by molar-refractivity contribution is 0.479. The van der Waals surface area contributed by atoms with Crippen LogP contribution < -0.4 is 10.4 Å². The Morgan fingerprint density at radius 3 is 1.68 bits per heavy atom. The van der Waals surface area contributed by atoms with Crippen LogP contribution in [0.2, 0.25) is 0 Å². The predicted molar refractivity (Wildman–Crippen MR) is 54.8 cm³/mol. The van der Waals surface area contributed by atoms with Gasteiger partial charge in [-0.3, -0.25) is 0 Å². The van der Waals surface area contributed by atoms with Gasteiger partial charge in [-0.2, -0.15) is 21.0 Å². The van der Waals surface area contributed by atoms with E-state index in [-0.39, 0.29) is 0 Å². The van der Waals surface area contributed by atoms with Gasteiger partial charge < -0.3 is 0 Å². The number of rotatable bonds is 0. The normalized spacial score (nSPS) is 8.58. The van der Waals surface area contributed by atoms with Gasteiger partial charge in [0.25, 0.3) is 0 Å². The topological polar surface area (TPSA) is 95.2 Å². The molecule has 0 spiro atoms. The largest absolute Gasteiger partial charge is 0.206 e. The minimum absolute atomic E-state index is 0.393. The first-order chi connectivity index (χ1) is 9.01. The van der Waals surface area contributed by atoms with Gasteiger partial charge in [-0.25, -0.2) is 13.2 Å². The standard InChI is InChI=1S/C12HF3N4/c13-9-1-8(6(2-16)3-17)11(14)12(15)10(9)7(4-18)5-19/h1H. The summed E-state index contributed by atoms with van der Waals surface area (Å²) in [5.41, 5.74) is -1.77. The molecule has 0 aliphatic heterocycles. The molecular formula is C12HF3N4. The molecule has 0 fully saturated rings. The van der Waals surface area contributed by atoms with Crippen LogP contribution in [0.4, 0.5) is 13.2 Å². The Morgan fingerprint density at radius 1 is 0.789 bits per heavy atom. The first-order valence-electron chi connectivity index (χ1n) is 4.54. The Morgan fingerprint density at radius 2 is 1.26 bits per heavy atom. The van der Waals surface area contributed by atoms with Crippen LogP contribution in [0.1, 0.15) is 0 Å². The highest BCUT2D eigenvalue weighted by Crippen LogP contribution is 2.02. The van der Waals surface area contributed by atoms with Gasteiger partial charge in [-0.15, -0.1) is 0 Å². The third kappa shape index (κ3) is 2.22. The van der Waals surface area contributed by atoms with Gasteiger partial charge in [0.1, 0.15) is 41.2 Å². The molecule has 4 nitrogen and oxygen atoms in total. The molecule has 0 aliphatic carbocycles. The van der Waals surface area contributed by atoms with Gasteiger partial charge in [0.2, 0.25) is 0 Å². The molecule has 0 aliphatic rings. The van der Waals surface area contributed by atoms with E-state index < -0.39 is 39.0 Å². The van der Waals surface area contributed by atoms with Gasteiger partial charge in [-0.05, 0) is 6.07 Å². The summed E-state index contributed by atoms with van der Waals surface area (Å²) < 4.78 is 40.8.